The number of carbonyl (C=O) groups excluding carboxylic acids is 2. The number of aryl methyl sites for hydroxylation is 2. The van der Waals surface area contributed by atoms with Crippen LogP contribution in [0.1, 0.15) is 49.3 Å². The van der Waals surface area contributed by atoms with Gasteiger partial charge in [-0.05, 0) is 68.5 Å². The van der Waals surface area contributed by atoms with E-state index in [0.717, 1.165) is 47.4 Å². The minimum atomic E-state index is -3.77. The van der Waals surface area contributed by atoms with Gasteiger partial charge in [0.05, 0.1) is 11.9 Å². The van der Waals surface area contributed by atoms with Crippen molar-refractivity contribution in [3.8, 4) is 0 Å². The number of nitrogens with zero attached hydrogens (tertiary/aromatic N) is 2. The molecule has 0 bridgehead atoms. The number of anilines is 1. The van der Waals surface area contributed by atoms with E-state index in [9.17, 15) is 18.0 Å². The lowest BCUT2D eigenvalue weighted by molar-refractivity contribution is -0.139. The molecule has 1 fully saturated rings. The van der Waals surface area contributed by atoms with Crippen molar-refractivity contribution in [2.24, 2.45) is 0 Å². The number of halogens is 1. The van der Waals surface area contributed by atoms with Crippen molar-refractivity contribution >= 4 is 39.1 Å². The van der Waals surface area contributed by atoms with Crippen molar-refractivity contribution in [1.29, 1.82) is 0 Å². The first-order chi connectivity index (χ1) is 16.5. The monoisotopic (exact) mass is 519 g/mol. The van der Waals surface area contributed by atoms with Crippen molar-refractivity contribution in [3.05, 3.63) is 64.2 Å². The molecule has 7 nitrogen and oxygen atoms in total. The Labute approximate surface area is 213 Å². The molecular weight excluding hydrogens is 486 g/mol. The second-order valence-electron chi connectivity index (χ2n) is 9.39. The van der Waals surface area contributed by atoms with Crippen LogP contribution in [0.3, 0.4) is 0 Å². The molecule has 1 aliphatic carbocycles. The smallest absolute Gasteiger partial charge is 0.244 e. The summed E-state index contributed by atoms with van der Waals surface area (Å²) < 4.78 is 26.5. The molecule has 0 radical (unpaired) electrons. The quantitative estimate of drug-likeness (QED) is 0.538. The SMILES string of the molecule is Cc1cc(C)cc(N(CC(=O)N(Cc2ccccc2Cl)[C@H](C)C(=O)NC2CCCC2)S(C)(=O)=O)c1. The van der Waals surface area contributed by atoms with Gasteiger partial charge in [-0.2, -0.15) is 0 Å². The second kappa shape index (κ2) is 11.4. The largest absolute Gasteiger partial charge is 0.352 e. The molecule has 0 spiro atoms. The first-order valence-corrected chi connectivity index (χ1v) is 14.1. The van der Waals surface area contributed by atoms with E-state index in [1.807, 2.05) is 26.0 Å². The van der Waals surface area contributed by atoms with E-state index in [-0.39, 0.29) is 18.5 Å². The Kier molecular flexibility index (Phi) is 8.83. The van der Waals surface area contributed by atoms with Crippen molar-refractivity contribution in [1.82, 2.24) is 10.2 Å². The Morgan fingerprint density at radius 3 is 2.26 bits per heavy atom. The zero-order valence-corrected chi connectivity index (χ0v) is 22.3. The molecular formula is C26H34ClN3O4S. The summed E-state index contributed by atoms with van der Waals surface area (Å²) in [6, 6.07) is 11.8. The lowest BCUT2D eigenvalue weighted by Crippen LogP contribution is -2.52. The molecule has 190 valence electrons. The minimum absolute atomic E-state index is 0.0855. The highest BCUT2D eigenvalue weighted by Gasteiger charge is 2.31. The summed E-state index contributed by atoms with van der Waals surface area (Å²) in [5.74, 6) is -0.738. The van der Waals surface area contributed by atoms with Crippen molar-refractivity contribution in [3.63, 3.8) is 0 Å². The van der Waals surface area contributed by atoms with E-state index in [4.69, 9.17) is 11.6 Å². The highest BCUT2D eigenvalue weighted by atomic mass is 35.5. The van der Waals surface area contributed by atoms with Gasteiger partial charge < -0.3 is 10.2 Å². The summed E-state index contributed by atoms with van der Waals surface area (Å²) in [6.07, 6.45) is 5.06. The average Bonchev–Trinajstić information content (AvgIpc) is 3.27. The van der Waals surface area contributed by atoms with Gasteiger partial charge in [0.25, 0.3) is 0 Å². The van der Waals surface area contributed by atoms with Gasteiger partial charge in [0.1, 0.15) is 12.6 Å². The van der Waals surface area contributed by atoms with Crippen LogP contribution < -0.4 is 9.62 Å². The predicted octanol–water partition coefficient (Wildman–Crippen LogP) is 4.20. The van der Waals surface area contributed by atoms with E-state index < -0.39 is 28.5 Å². The van der Waals surface area contributed by atoms with E-state index in [2.05, 4.69) is 5.32 Å². The number of benzene rings is 2. The Bertz CT molecular complexity index is 1160. The Morgan fingerprint density at radius 2 is 1.69 bits per heavy atom. The van der Waals surface area contributed by atoms with E-state index >= 15 is 0 Å². The molecule has 2 aromatic carbocycles. The van der Waals surface area contributed by atoms with Gasteiger partial charge >= 0.3 is 0 Å². The van der Waals surface area contributed by atoms with Crippen LogP contribution in [0.15, 0.2) is 42.5 Å². The molecule has 1 N–H and O–H groups in total. The van der Waals surface area contributed by atoms with Crippen LogP contribution >= 0.6 is 11.6 Å². The molecule has 2 aromatic rings. The maximum Gasteiger partial charge on any atom is 0.244 e. The summed E-state index contributed by atoms with van der Waals surface area (Å²) in [5, 5.41) is 3.52. The summed E-state index contributed by atoms with van der Waals surface area (Å²) in [7, 11) is -3.77. The molecule has 0 aromatic heterocycles. The van der Waals surface area contributed by atoms with Crippen LogP contribution in [-0.2, 0) is 26.2 Å². The average molecular weight is 520 g/mol. The topological polar surface area (TPSA) is 86.8 Å². The third-order valence-electron chi connectivity index (χ3n) is 6.34. The maximum absolute atomic E-state index is 13.6. The molecule has 0 aliphatic heterocycles. The summed E-state index contributed by atoms with van der Waals surface area (Å²) >= 11 is 6.36. The van der Waals surface area contributed by atoms with Crippen LogP contribution in [-0.4, -0.2) is 50.0 Å². The first-order valence-electron chi connectivity index (χ1n) is 11.8. The summed E-state index contributed by atoms with van der Waals surface area (Å²) in [5.41, 5.74) is 2.87. The fraction of sp³-hybridized carbons (Fsp3) is 0.462. The maximum atomic E-state index is 13.6. The molecule has 1 aliphatic rings. The van der Waals surface area contributed by atoms with Crippen molar-refractivity contribution in [2.45, 2.75) is 65.1 Å². The molecule has 0 unspecified atom stereocenters. The van der Waals surface area contributed by atoms with Crippen LogP contribution in [0.25, 0.3) is 0 Å². The van der Waals surface area contributed by atoms with Crippen LogP contribution in [0, 0.1) is 13.8 Å². The number of amides is 2. The fourth-order valence-electron chi connectivity index (χ4n) is 4.49. The molecule has 1 atom stereocenters. The third kappa shape index (κ3) is 7.21. The van der Waals surface area contributed by atoms with Gasteiger partial charge in [0.2, 0.25) is 21.8 Å². The Morgan fingerprint density at radius 1 is 1.09 bits per heavy atom. The van der Waals surface area contributed by atoms with Crippen LogP contribution in [0.4, 0.5) is 5.69 Å². The van der Waals surface area contributed by atoms with Gasteiger partial charge in [-0.25, -0.2) is 8.42 Å². The molecule has 9 heteroatoms. The van der Waals surface area contributed by atoms with Gasteiger partial charge in [-0.1, -0.05) is 48.7 Å². The van der Waals surface area contributed by atoms with Gasteiger partial charge in [0, 0.05) is 17.6 Å². The highest BCUT2D eigenvalue weighted by Crippen LogP contribution is 2.24. The summed E-state index contributed by atoms with van der Waals surface area (Å²) in [6.45, 7) is 5.08. The summed E-state index contributed by atoms with van der Waals surface area (Å²) in [4.78, 5) is 28.1. The molecule has 35 heavy (non-hydrogen) atoms. The van der Waals surface area contributed by atoms with Crippen LogP contribution in [0.5, 0.6) is 0 Å². The lowest BCUT2D eigenvalue weighted by Gasteiger charge is -2.32. The van der Waals surface area contributed by atoms with Gasteiger partial charge in [-0.3, -0.25) is 13.9 Å². The molecule has 0 heterocycles. The molecule has 0 saturated heterocycles. The number of rotatable bonds is 9. The zero-order valence-electron chi connectivity index (χ0n) is 20.8. The second-order valence-corrected chi connectivity index (χ2v) is 11.7. The van der Waals surface area contributed by atoms with Gasteiger partial charge in [0.15, 0.2) is 0 Å². The third-order valence-corrected chi connectivity index (χ3v) is 7.85. The number of sulfonamides is 1. The Hall–Kier alpha value is -2.58. The molecule has 3 rings (SSSR count). The standard InChI is InChI=1S/C26H34ClN3O4S/c1-18-13-19(2)15-23(14-18)30(35(4,33)34)17-25(31)29(16-21-9-5-8-12-24(21)27)20(3)26(32)28-22-10-6-7-11-22/h5,8-9,12-15,20,22H,6-7,10-11,16-17H2,1-4H3,(H,28,32)/t20-/m1/s1. The molecule has 1 saturated carbocycles. The van der Waals surface area contributed by atoms with E-state index in [0.29, 0.717) is 16.3 Å². The molecule has 2 amide bonds. The number of nitrogens with one attached hydrogen (secondary N) is 1. The van der Waals surface area contributed by atoms with Gasteiger partial charge in [-0.15, -0.1) is 0 Å². The Balaban J connectivity index is 1.91. The number of carbonyl (C=O) groups is 2. The normalized spacial score (nSPS) is 15.0. The van der Waals surface area contributed by atoms with Crippen LogP contribution in [0.2, 0.25) is 5.02 Å². The number of hydrogen-bond donors (Lipinski definition) is 1. The van der Waals surface area contributed by atoms with Crippen molar-refractivity contribution < 1.29 is 18.0 Å². The predicted molar refractivity (Wildman–Crippen MR) is 140 cm³/mol. The fourth-order valence-corrected chi connectivity index (χ4v) is 5.52. The zero-order chi connectivity index (χ0) is 25.8. The highest BCUT2D eigenvalue weighted by molar-refractivity contribution is 7.92. The first kappa shape index (κ1) is 27.0. The lowest BCUT2D eigenvalue weighted by atomic mass is 10.1. The van der Waals surface area contributed by atoms with Crippen molar-refractivity contribution in [2.75, 3.05) is 17.1 Å². The van der Waals surface area contributed by atoms with E-state index in [1.54, 1.807) is 37.3 Å². The van der Waals surface area contributed by atoms with E-state index in [1.165, 1.54) is 4.90 Å². The number of hydrogen-bond acceptors (Lipinski definition) is 4. The minimum Gasteiger partial charge on any atom is -0.352 e.